The Morgan fingerprint density at radius 1 is 1.42 bits per heavy atom. The van der Waals surface area contributed by atoms with Gasteiger partial charge in [-0.2, -0.15) is 11.8 Å². The van der Waals surface area contributed by atoms with Crippen molar-refractivity contribution in [1.29, 1.82) is 0 Å². The first-order valence-electron chi connectivity index (χ1n) is 6.58. The topological polar surface area (TPSA) is 12.0 Å². The number of thioether (sulfide) groups is 1. The van der Waals surface area contributed by atoms with Crippen LogP contribution in [0.3, 0.4) is 0 Å². The van der Waals surface area contributed by atoms with Crippen LogP contribution in [0.2, 0.25) is 10.0 Å². The summed E-state index contributed by atoms with van der Waals surface area (Å²) in [6.45, 7) is 2.88. The molecule has 106 valence electrons. The largest absolute Gasteiger partial charge is 0.309 e. The molecule has 0 bridgehead atoms. The number of halogens is 3. The lowest BCUT2D eigenvalue weighted by molar-refractivity contribution is 0.535. The summed E-state index contributed by atoms with van der Waals surface area (Å²) in [6, 6.07) is 2.82. The van der Waals surface area contributed by atoms with Gasteiger partial charge >= 0.3 is 0 Å². The Bertz CT molecular complexity index is 436. The summed E-state index contributed by atoms with van der Waals surface area (Å²) in [5.74, 6) is 0.823. The van der Waals surface area contributed by atoms with E-state index in [1.54, 1.807) is 6.07 Å². The minimum Gasteiger partial charge on any atom is -0.309 e. The molecule has 0 aromatic heterocycles. The number of nitrogens with one attached hydrogen (secondary N) is 1. The maximum absolute atomic E-state index is 13.5. The van der Waals surface area contributed by atoms with Crippen LogP contribution in [0.5, 0.6) is 0 Å². The molecule has 1 aliphatic rings. The van der Waals surface area contributed by atoms with Gasteiger partial charge in [0.25, 0.3) is 0 Å². The van der Waals surface area contributed by atoms with E-state index in [9.17, 15) is 4.39 Å². The minimum absolute atomic E-state index is 0.0433. The SMILES string of the molecule is CC(NCC1CCCCS1)c1c(Cl)ccc(F)c1Cl. The molecule has 0 amide bonds. The van der Waals surface area contributed by atoms with E-state index in [2.05, 4.69) is 5.32 Å². The van der Waals surface area contributed by atoms with Crippen molar-refractivity contribution in [3.63, 3.8) is 0 Å². The van der Waals surface area contributed by atoms with E-state index in [4.69, 9.17) is 23.2 Å². The second kappa shape index (κ2) is 7.16. The Labute approximate surface area is 128 Å². The molecular formula is C14H18Cl2FNS. The molecule has 19 heavy (non-hydrogen) atoms. The summed E-state index contributed by atoms with van der Waals surface area (Å²) in [4.78, 5) is 0. The van der Waals surface area contributed by atoms with E-state index in [1.165, 1.54) is 31.1 Å². The van der Waals surface area contributed by atoms with Crippen molar-refractivity contribution in [2.24, 2.45) is 0 Å². The summed E-state index contributed by atoms with van der Waals surface area (Å²) in [6.07, 6.45) is 3.86. The predicted octanol–water partition coefficient (Wildman–Crippen LogP) is 5.07. The van der Waals surface area contributed by atoms with Crippen molar-refractivity contribution in [2.75, 3.05) is 12.3 Å². The van der Waals surface area contributed by atoms with Crippen LogP contribution in [0.15, 0.2) is 12.1 Å². The zero-order valence-electron chi connectivity index (χ0n) is 10.9. The molecule has 2 rings (SSSR count). The molecular weight excluding hydrogens is 304 g/mol. The van der Waals surface area contributed by atoms with Crippen LogP contribution in [0.1, 0.15) is 37.8 Å². The average molecular weight is 322 g/mol. The van der Waals surface area contributed by atoms with Gasteiger partial charge in [-0.3, -0.25) is 0 Å². The highest BCUT2D eigenvalue weighted by atomic mass is 35.5. The zero-order valence-corrected chi connectivity index (χ0v) is 13.2. The Morgan fingerprint density at radius 3 is 2.89 bits per heavy atom. The van der Waals surface area contributed by atoms with Gasteiger partial charge in [-0.1, -0.05) is 29.6 Å². The van der Waals surface area contributed by atoms with Crippen LogP contribution in [-0.2, 0) is 0 Å². The Balaban J connectivity index is 1.99. The summed E-state index contributed by atoms with van der Waals surface area (Å²) in [5, 5.41) is 4.71. The normalized spacial score (nSPS) is 21.4. The molecule has 1 heterocycles. The third-order valence-corrected chi connectivity index (χ3v) is 5.55. The van der Waals surface area contributed by atoms with Crippen molar-refractivity contribution in [3.8, 4) is 0 Å². The van der Waals surface area contributed by atoms with E-state index in [1.807, 2.05) is 18.7 Å². The van der Waals surface area contributed by atoms with Crippen LogP contribution in [0, 0.1) is 5.82 Å². The van der Waals surface area contributed by atoms with Crippen LogP contribution < -0.4 is 5.32 Å². The number of hydrogen-bond acceptors (Lipinski definition) is 2. The Hall–Kier alpha value is 0.0400. The van der Waals surface area contributed by atoms with Gasteiger partial charge in [-0.25, -0.2) is 4.39 Å². The van der Waals surface area contributed by atoms with E-state index in [0.717, 1.165) is 6.54 Å². The lowest BCUT2D eigenvalue weighted by atomic mass is 10.1. The molecule has 1 fully saturated rings. The molecule has 2 atom stereocenters. The van der Waals surface area contributed by atoms with Crippen LogP contribution in [0.25, 0.3) is 0 Å². The van der Waals surface area contributed by atoms with Gasteiger partial charge in [0.2, 0.25) is 0 Å². The average Bonchev–Trinajstić information content (AvgIpc) is 2.42. The molecule has 1 aromatic carbocycles. The molecule has 0 radical (unpaired) electrons. The van der Waals surface area contributed by atoms with Crippen LogP contribution in [-0.4, -0.2) is 17.5 Å². The van der Waals surface area contributed by atoms with Crippen LogP contribution in [0.4, 0.5) is 4.39 Å². The first-order valence-corrected chi connectivity index (χ1v) is 8.38. The van der Waals surface area contributed by atoms with Crippen molar-refractivity contribution in [3.05, 3.63) is 33.6 Å². The van der Waals surface area contributed by atoms with E-state index >= 15 is 0 Å². The molecule has 1 N–H and O–H groups in total. The lowest BCUT2D eigenvalue weighted by Crippen LogP contribution is -2.29. The monoisotopic (exact) mass is 321 g/mol. The van der Waals surface area contributed by atoms with Crippen molar-refractivity contribution >= 4 is 35.0 Å². The molecule has 0 saturated carbocycles. The van der Waals surface area contributed by atoms with Gasteiger partial charge in [-0.15, -0.1) is 0 Å². The Morgan fingerprint density at radius 2 is 2.21 bits per heavy atom. The molecule has 5 heteroatoms. The highest BCUT2D eigenvalue weighted by Crippen LogP contribution is 2.33. The van der Waals surface area contributed by atoms with E-state index < -0.39 is 5.82 Å². The highest BCUT2D eigenvalue weighted by molar-refractivity contribution is 7.99. The summed E-state index contributed by atoms with van der Waals surface area (Å²) < 4.78 is 13.5. The molecule has 2 unspecified atom stereocenters. The highest BCUT2D eigenvalue weighted by Gasteiger charge is 2.19. The Kier molecular flexibility index (Phi) is 5.82. The van der Waals surface area contributed by atoms with E-state index in [-0.39, 0.29) is 11.1 Å². The van der Waals surface area contributed by atoms with E-state index in [0.29, 0.717) is 15.8 Å². The number of benzene rings is 1. The van der Waals surface area contributed by atoms with Crippen molar-refractivity contribution in [1.82, 2.24) is 5.32 Å². The summed E-state index contributed by atoms with van der Waals surface area (Å²) >= 11 is 14.1. The van der Waals surface area contributed by atoms with Gasteiger partial charge in [0.1, 0.15) is 5.82 Å². The van der Waals surface area contributed by atoms with Gasteiger partial charge in [-0.05, 0) is 37.7 Å². The fourth-order valence-corrected chi connectivity index (χ4v) is 4.27. The summed E-state index contributed by atoms with van der Waals surface area (Å²) in [7, 11) is 0. The third-order valence-electron chi connectivity index (χ3n) is 3.44. The second-order valence-corrected chi connectivity index (χ2v) is 7.07. The van der Waals surface area contributed by atoms with Crippen LogP contribution >= 0.6 is 35.0 Å². The number of hydrogen-bond donors (Lipinski definition) is 1. The smallest absolute Gasteiger partial charge is 0.142 e. The van der Waals surface area contributed by atoms with Gasteiger partial charge in [0.15, 0.2) is 0 Å². The maximum Gasteiger partial charge on any atom is 0.142 e. The third kappa shape index (κ3) is 4.01. The molecule has 0 spiro atoms. The van der Waals surface area contributed by atoms with Gasteiger partial charge in [0, 0.05) is 28.4 Å². The fourth-order valence-electron chi connectivity index (χ4n) is 2.32. The fraction of sp³-hybridized carbons (Fsp3) is 0.571. The molecule has 1 aliphatic heterocycles. The molecule has 0 aliphatic carbocycles. The van der Waals surface area contributed by atoms with Gasteiger partial charge < -0.3 is 5.32 Å². The van der Waals surface area contributed by atoms with Gasteiger partial charge in [0.05, 0.1) is 5.02 Å². The quantitative estimate of drug-likeness (QED) is 0.777. The minimum atomic E-state index is -0.415. The predicted molar refractivity (Wildman–Crippen MR) is 82.9 cm³/mol. The number of rotatable bonds is 4. The standard InChI is InChI=1S/C14H18Cl2FNS/c1-9(18-8-10-4-2-3-7-19-10)13-11(15)5-6-12(17)14(13)16/h5-6,9-10,18H,2-4,7-8H2,1H3. The zero-order chi connectivity index (χ0) is 13.8. The van der Waals surface area contributed by atoms with Crippen molar-refractivity contribution in [2.45, 2.75) is 37.5 Å². The second-order valence-electron chi connectivity index (χ2n) is 4.88. The van der Waals surface area contributed by atoms with Crippen molar-refractivity contribution < 1.29 is 4.39 Å². The maximum atomic E-state index is 13.5. The first-order chi connectivity index (χ1) is 9.09. The first kappa shape index (κ1) is 15.4. The molecule has 1 nitrogen and oxygen atoms in total. The molecule has 1 saturated heterocycles. The summed E-state index contributed by atoms with van der Waals surface area (Å²) in [5.41, 5.74) is 0.657. The molecule has 1 aromatic rings. The lowest BCUT2D eigenvalue weighted by Gasteiger charge is -2.24.